The lowest BCUT2D eigenvalue weighted by Crippen LogP contribution is -1.82. The molecule has 6 aromatic rings. The summed E-state index contributed by atoms with van der Waals surface area (Å²) in [5.41, 5.74) is 9.72. The highest BCUT2D eigenvalue weighted by Crippen LogP contribution is 2.39. The first kappa shape index (κ1) is 34.5. The predicted octanol–water partition coefficient (Wildman–Crippen LogP) is 14.8. The largest absolute Gasteiger partial charge is 0.452 e. The molecule has 2 heteroatoms. The molecule has 2 heterocycles. The van der Waals surface area contributed by atoms with Gasteiger partial charge in [-0.1, -0.05) is 189 Å². The van der Waals surface area contributed by atoms with Gasteiger partial charge in [-0.3, -0.25) is 0 Å². The van der Waals surface area contributed by atoms with Crippen LogP contribution in [0.4, 0.5) is 0 Å². The van der Waals surface area contributed by atoms with E-state index in [0.29, 0.717) is 0 Å². The molecule has 1 aliphatic rings. The van der Waals surface area contributed by atoms with Gasteiger partial charge in [-0.05, 0) is 70.6 Å². The molecule has 0 fully saturated rings. The molecule has 0 radical (unpaired) electrons. The molecule has 0 atom stereocenters. The molecule has 2 aromatic heterocycles. The van der Waals surface area contributed by atoms with Crippen molar-refractivity contribution in [2.24, 2.45) is 0 Å². The Labute approximate surface area is 311 Å². The fraction of sp³-hybridized carbons (Fsp3) is 0.0196. The van der Waals surface area contributed by atoms with Crippen molar-refractivity contribution in [3.63, 3.8) is 0 Å². The lowest BCUT2D eigenvalue weighted by molar-refractivity contribution is 0.633. The van der Waals surface area contributed by atoms with Gasteiger partial charge in [-0.15, -0.1) is 0 Å². The van der Waals surface area contributed by atoms with E-state index in [0.717, 1.165) is 66.1 Å². The number of hydrogen-bond donors (Lipinski definition) is 0. The Balaban J connectivity index is 1.34. The van der Waals surface area contributed by atoms with E-state index in [1.54, 1.807) is 0 Å². The molecule has 7 rings (SSSR count). The van der Waals surface area contributed by atoms with E-state index in [-0.39, 0.29) is 0 Å². The minimum absolute atomic E-state index is 0.727. The summed E-state index contributed by atoms with van der Waals surface area (Å²) in [7, 11) is 0. The Kier molecular flexibility index (Phi) is 11.0. The Bertz CT molecular complexity index is 2700. The summed E-state index contributed by atoms with van der Waals surface area (Å²) in [4.78, 5) is 0. The van der Waals surface area contributed by atoms with Gasteiger partial charge in [-0.2, -0.15) is 0 Å². The van der Waals surface area contributed by atoms with Crippen molar-refractivity contribution in [3.8, 4) is 0 Å². The molecule has 0 amide bonds. The second kappa shape index (κ2) is 16.9. The summed E-state index contributed by atoms with van der Waals surface area (Å²) < 4.78 is 13.1. The van der Waals surface area contributed by atoms with E-state index in [1.807, 2.05) is 85.8 Å². The zero-order valence-corrected chi connectivity index (χ0v) is 29.7. The third kappa shape index (κ3) is 8.04. The fourth-order valence-electron chi connectivity index (χ4n) is 6.37. The van der Waals surface area contributed by atoms with Crippen LogP contribution in [0.3, 0.4) is 0 Å². The lowest BCUT2D eigenvalue weighted by atomic mass is 10.0. The smallest absolute Gasteiger partial charge is 0.178 e. The third-order valence-corrected chi connectivity index (χ3v) is 8.98. The van der Waals surface area contributed by atoms with Gasteiger partial charge in [-0.25, -0.2) is 0 Å². The topological polar surface area (TPSA) is 26.3 Å². The first-order valence-electron chi connectivity index (χ1n) is 17.8. The van der Waals surface area contributed by atoms with Crippen molar-refractivity contribution in [1.82, 2.24) is 0 Å². The van der Waals surface area contributed by atoms with E-state index in [2.05, 4.69) is 140 Å². The normalized spacial score (nSPS) is 15.8. The molecule has 53 heavy (non-hydrogen) atoms. The summed E-state index contributed by atoms with van der Waals surface area (Å²) in [5.74, 6) is 0. The molecule has 0 saturated heterocycles. The van der Waals surface area contributed by atoms with Gasteiger partial charge >= 0.3 is 0 Å². The van der Waals surface area contributed by atoms with Crippen molar-refractivity contribution < 1.29 is 8.83 Å². The van der Waals surface area contributed by atoms with Gasteiger partial charge in [0.25, 0.3) is 0 Å². The number of rotatable bonds is 3. The average molecular weight is 685 g/mol. The zero-order chi connectivity index (χ0) is 36.2. The van der Waals surface area contributed by atoms with E-state index >= 15 is 0 Å². The lowest BCUT2D eigenvalue weighted by Gasteiger charge is -2.03. The van der Waals surface area contributed by atoms with Gasteiger partial charge in [0.05, 0.1) is 0 Å². The van der Waals surface area contributed by atoms with Crippen molar-refractivity contribution in [2.75, 3.05) is 0 Å². The van der Waals surface area contributed by atoms with Gasteiger partial charge in [0.15, 0.2) is 11.2 Å². The summed E-state index contributed by atoms with van der Waals surface area (Å²) in [6.07, 6.45) is 25.0. The molecule has 0 saturated carbocycles. The summed E-state index contributed by atoms with van der Waals surface area (Å²) >= 11 is 0. The molecular weight excluding hydrogens is 645 g/mol. The van der Waals surface area contributed by atoms with Gasteiger partial charge in [0, 0.05) is 21.5 Å². The van der Waals surface area contributed by atoms with Crippen molar-refractivity contribution >= 4 is 73.8 Å². The van der Waals surface area contributed by atoms with E-state index in [9.17, 15) is 0 Å². The first-order chi connectivity index (χ1) is 26.2. The predicted molar refractivity (Wildman–Crippen MR) is 229 cm³/mol. The fourth-order valence-corrected chi connectivity index (χ4v) is 6.37. The minimum Gasteiger partial charge on any atom is -0.452 e. The van der Waals surface area contributed by atoms with Crippen LogP contribution >= 0.6 is 0 Å². The number of allylic oxidation sites excluding steroid dienone is 9. The highest BCUT2D eigenvalue weighted by Gasteiger charge is 2.16. The Morgan fingerprint density at radius 3 is 1.75 bits per heavy atom. The van der Waals surface area contributed by atoms with Crippen molar-refractivity contribution in [3.05, 3.63) is 223 Å². The summed E-state index contributed by atoms with van der Waals surface area (Å²) in [6.45, 7) is 6.04. The molecule has 256 valence electrons. The quantitative estimate of drug-likeness (QED) is 0.185. The monoisotopic (exact) mass is 684 g/mol. The van der Waals surface area contributed by atoms with Crippen LogP contribution < -0.4 is 0 Å². The molecule has 0 spiro atoms. The zero-order valence-electron chi connectivity index (χ0n) is 29.7. The Morgan fingerprint density at radius 1 is 0.472 bits per heavy atom. The second-order valence-electron chi connectivity index (χ2n) is 12.4. The van der Waals surface area contributed by atoms with Gasteiger partial charge in [0.1, 0.15) is 11.2 Å². The third-order valence-electron chi connectivity index (χ3n) is 8.98. The molecule has 1 aliphatic carbocycles. The van der Waals surface area contributed by atoms with Gasteiger partial charge in [0.2, 0.25) is 0 Å². The molecule has 2 nitrogen and oxygen atoms in total. The Morgan fingerprint density at radius 2 is 1.04 bits per heavy atom. The summed E-state index contributed by atoms with van der Waals surface area (Å²) in [6, 6.07) is 47.4. The minimum atomic E-state index is 0.727. The highest BCUT2D eigenvalue weighted by molar-refractivity contribution is 6.19. The van der Waals surface area contributed by atoms with Crippen LogP contribution in [0.15, 0.2) is 204 Å². The average Bonchev–Trinajstić information content (AvgIpc) is 3.73. The number of fused-ring (bicyclic) bond motifs is 8. The first-order valence-corrected chi connectivity index (χ1v) is 17.8. The molecule has 0 aliphatic heterocycles. The van der Waals surface area contributed by atoms with Gasteiger partial charge < -0.3 is 8.83 Å². The molecule has 4 aromatic carbocycles. The maximum absolute atomic E-state index is 6.60. The standard InChI is InChI=1S/C51H40O2/c1-3-22-39-24-15-11-16-31-44-45-34-35-46-47-37-43(42-26-14-10-13-25-40-27-18-19-28-41(40)29-20-21-30-42)33-36-49(47)53-51(46)50(45)52-48(44)32-17-9-7-5-6-8-12-23-38(39)4-2/h3-37H,2H2,1H3/b6-5?,7-5?,8-6?,9-7?,12-8?,13-10?,14-10-,15-11?,16-11?,17-9?,21-20?,22-3-,23-12?,24-15?,25-13-,26-14?,29-20-,30-21+,31-16?,32-17?,38-23?,39-24?,39-38?,40-25?,41-29?,42-26+,42-30?,44-31?,48-32?. The maximum Gasteiger partial charge on any atom is 0.178 e. The van der Waals surface area contributed by atoms with Crippen LogP contribution in [0.25, 0.3) is 73.8 Å². The molecule has 0 N–H and O–H groups in total. The number of benzene rings is 3. The van der Waals surface area contributed by atoms with Crippen molar-refractivity contribution in [1.29, 1.82) is 0 Å². The van der Waals surface area contributed by atoms with Crippen LogP contribution in [0, 0.1) is 0 Å². The van der Waals surface area contributed by atoms with E-state index in [1.165, 1.54) is 11.1 Å². The van der Waals surface area contributed by atoms with E-state index < -0.39 is 0 Å². The molecule has 0 unspecified atom stereocenters. The van der Waals surface area contributed by atoms with E-state index in [4.69, 9.17) is 8.83 Å². The SMILES string of the molecule is C=Cc1cccccccccc2oc3c(ccc4c5cc(C6=C/C=C\C=C/c7ccccc7/C=C\C=C\6)ccc5oc43)c2cccccc1/C=C\C. The van der Waals surface area contributed by atoms with Crippen LogP contribution in [0.1, 0.15) is 34.7 Å². The number of hydrogen-bond acceptors (Lipinski definition) is 2. The summed E-state index contributed by atoms with van der Waals surface area (Å²) in [5, 5.41) is 4.03. The van der Waals surface area contributed by atoms with Crippen LogP contribution in [0.5, 0.6) is 0 Å². The van der Waals surface area contributed by atoms with Crippen LogP contribution in [-0.2, 0) is 0 Å². The van der Waals surface area contributed by atoms with Crippen LogP contribution in [0.2, 0.25) is 0 Å². The van der Waals surface area contributed by atoms with Crippen molar-refractivity contribution in [2.45, 2.75) is 6.92 Å². The second-order valence-corrected chi connectivity index (χ2v) is 12.4. The molecular formula is C51H40O2. The van der Waals surface area contributed by atoms with Crippen LogP contribution in [-0.4, -0.2) is 0 Å². The number of furan rings is 2. The molecule has 0 bridgehead atoms. The highest BCUT2D eigenvalue weighted by atomic mass is 16.4. The Hall–Kier alpha value is -6.90. The maximum atomic E-state index is 6.60.